The van der Waals surface area contributed by atoms with E-state index in [1.807, 2.05) is 25.1 Å². The molecule has 2 aromatic carbocycles. The minimum absolute atomic E-state index is 0.263. The van der Waals surface area contributed by atoms with Crippen molar-refractivity contribution in [3.63, 3.8) is 0 Å². The summed E-state index contributed by atoms with van der Waals surface area (Å²) in [6.07, 6.45) is 0. The molecule has 0 atom stereocenters. The Labute approximate surface area is 117 Å². The molecular formula is C16H17FO3. The predicted octanol–water partition coefficient (Wildman–Crippen LogP) is 3.73. The SMILES string of the molecule is COc1ccc(COc2ccc(F)cc2C)cc1OC. The molecule has 4 heteroatoms. The van der Waals surface area contributed by atoms with Crippen LogP contribution in [0.15, 0.2) is 36.4 Å². The monoisotopic (exact) mass is 276 g/mol. The number of benzene rings is 2. The molecule has 0 amide bonds. The molecule has 3 nitrogen and oxygen atoms in total. The molecule has 0 radical (unpaired) electrons. The van der Waals surface area contributed by atoms with E-state index in [1.165, 1.54) is 12.1 Å². The Hall–Kier alpha value is -2.23. The predicted molar refractivity (Wildman–Crippen MR) is 75.0 cm³/mol. The molecule has 0 aliphatic rings. The quantitative estimate of drug-likeness (QED) is 0.832. The van der Waals surface area contributed by atoms with Crippen molar-refractivity contribution in [3.8, 4) is 17.2 Å². The van der Waals surface area contributed by atoms with Gasteiger partial charge in [0.2, 0.25) is 0 Å². The van der Waals surface area contributed by atoms with Gasteiger partial charge in [0.15, 0.2) is 11.5 Å². The van der Waals surface area contributed by atoms with Crippen LogP contribution < -0.4 is 14.2 Å². The van der Waals surface area contributed by atoms with Crippen molar-refractivity contribution in [1.82, 2.24) is 0 Å². The summed E-state index contributed by atoms with van der Waals surface area (Å²) in [5.74, 6) is 1.74. The zero-order valence-electron chi connectivity index (χ0n) is 11.8. The van der Waals surface area contributed by atoms with E-state index in [4.69, 9.17) is 14.2 Å². The molecule has 106 valence electrons. The fourth-order valence-electron chi connectivity index (χ4n) is 1.91. The Bertz CT molecular complexity index is 596. The maximum Gasteiger partial charge on any atom is 0.161 e. The van der Waals surface area contributed by atoms with E-state index in [-0.39, 0.29) is 5.82 Å². The number of methoxy groups -OCH3 is 2. The summed E-state index contributed by atoms with van der Waals surface area (Å²) in [5.41, 5.74) is 1.72. The minimum atomic E-state index is -0.263. The van der Waals surface area contributed by atoms with Gasteiger partial charge in [-0.3, -0.25) is 0 Å². The second-order valence-electron chi connectivity index (χ2n) is 4.39. The normalized spacial score (nSPS) is 10.2. The van der Waals surface area contributed by atoms with Crippen LogP contribution in [0, 0.1) is 12.7 Å². The molecule has 2 aromatic rings. The smallest absolute Gasteiger partial charge is 0.161 e. The van der Waals surface area contributed by atoms with Gasteiger partial charge in [0.25, 0.3) is 0 Å². The van der Waals surface area contributed by atoms with E-state index >= 15 is 0 Å². The summed E-state index contributed by atoms with van der Waals surface area (Å²) in [4.78, 5) is 0. The van der Waals surface area contributed by atoms with Crippen LogP contribution in [-0.4, -0.2) is 14.2 Å². The molecule has 0 heterocycles. The molecule has 0 saturated heterocycles. The lowest BCUT2D eigenvalue weighted by Crippen LogP contribution is -1.99. The molecule has 0 spiro atoms. The summed E-state index contributed by atoms with van der Waals surface area (Å²) in [6, 6.07) is 10.1. The molecule has 0 fully saturated rings. The van der Waals surface area contributed by atoms with Crippen LogP contribution >= 0.6 is 0 Å². The average molecular weight is 276 g/mol. The third kappa shape index (κ3) is 3.20. The fraction of sp³-hybridized carbons (Fsp3) is 0.250. The Kier molecular flexibility index (Phi) is 4.45. The van der Waals surface area contributed by atoms with Crippen LogP contribution in [0.2, 0.25) is 0 Å². The Morgan fingerprint density at radius 1 is 0.900 bits per heavy atom. The van der Waals surface area contributed by atoms with Gasteiger partial charge in [0, 0.05) is 0 Å². The first-order valence-electron chi connectivity index (χ1n) is 6.24. The molecule has 0 aromatic heterocycles. The van der Waals surface area contributed by atoms with Crippen molar-refractivity contribution < 1.29 is 18.6 Å². The van der Waals surface area contributed by atoms with Crippen LogP contribution in [0.3, 0.4) is 0 Å². The maximum atomic E-state index is 13.0. The summed E-state index contributed by atoms with van der Waals surface area (Å²) in [6.45, 7) is 2.19. The zero-order valence-corrected chi connectivity index (χ0v) is 11.8. The fourth-order valence-corrected chi connectivity index (χ4v) is 1.91. The van der Waals surface area contributed by atoms with Crippen LogP contribution in [0.25, 0.3) is 0 Å². The number of halogens is 1. The molecule has 20 heavy (non-hydrogen) atoms. The topological polar surface area (TPSA) is 27.7 Å². The minimum Gasteiger partial charge on any atom is -0.493 e. The van der Waals surface area contributed by atoms with E-state index in [0.717, 1.165) is 11.1 Å². The number of hydrogen-bond acceptors (Lipinski definition) is 3. The molecule has 0 aliphatic heterocycles. The lowest BCUT2D eigenvalue weighted by Gasteiger charge is -2.12. The first-order valence-corrected chi connectivity index (χ1v) is 6.24. The van der Waals surface area contributed by atoms with Crippen LogP contribution in [0.1, 0.15) is 11.1 Å². The largest absolute Gasteiger partial charge is 0.493 e. The van der Waals surface area contributed by atoms with Crippen molar-refractivity contribution in [2.75, 3.05) is 14.2 Å². The van der Waals surface area contributed by atoms with Crippen LogP contribution in [0.4, 0.5) is 4.39 Å². The summed E-state index contributed by atoms with van der Waals surface area (Å²) >= 11 is 0. The van der Waals surface area contributed by atoms with E-state index in [2.05, 4.69) is 0 Å². The lowest BCUT2D eigenvalue weighted by atomic mass is 10.2. The summed E-state index contributed by atoms with van der Waals surface area (Å²) in [7, 11) is 3.18. The van der Waals surface area contributed by atoms with E-state index in [9.17, 15) is 4.39 Å². The van der Waals surface area contributed by atoms with Crippen molar-refractivity contribution in [1.29, 1.82) is 0 Å². The number of aryl methyl sites for hydroxylation is 1. The lowest BCUT2D eigenvalue weighted by molar-refractivity contribution is 0.301. The first kappa shape index (κ1) is 14.2. The second-order valence-corrected chi connectivity index (χ2v) is 4.39. The molecule has 0 unspecified atom stereocenters. The van der Waals surface area contributed by atoms with Crippen LogP contribution in [-0.2, 0) is 6.61 Å². The Balaban J connectivity index is 2.10. The third-order valence-corrected chi connectivity index (χ3v) is 2.98. The van der Waals surface area contributed by atoms with Gasteiger partial charge < -0.3 is 14.2 Å². The maximum absolute atomic E-state index is 13.0. The average Bonchev–Trinajstić information content (AvgIpc) is 2.46. The highest BCUT2D eigenvalue weighted by molar-refractivity contribution is 5.43. The highest BCUT2D eigenvalue weighted by Crippen LogP contribution is 2.28. The van der Waals surface area contributed by atoms with E-state index in [0.29, 0.717) is 23.9 Å². The number of rotatable bonds is 5. The molecule has 0 bridgehead atoms. The van der Waals surface area contributed by atoms with Crippen molar-refractivity contribution in [3.05, 3.63) is 53.3 Å². The van der Waals surface area contributed by atoms with Gasteiger partial charge in [0.05, 0.1) is 14.2 Å². The molecule has 0 aliphatic carbocycles. The second kappa shape index (κ2) is 6.28. The number of ether oxygens (including phenoxy) is 3. The van der Waals surface area contributed by atoms with E-state index < -0.39 is 0 Å². The van der Waals surface area contributed by atoms with Gasteiger partial charge >= 0.3 is 0 Å². The number of hydrogen-bond donors (Lipinski definition) is 0. The van der Waals surface area contributed by atoms with Crippen molar-refractivity contribution in [2.45, 2.75) is 13.5 Å². The summed E-state index contributed by atoms with van der Waals surface area (Å²) < 4.78 is 29.1. The van der Waals surface area contributed by atoms with Gasteiger partial charge in [-0.25, -0.2) is 4.39 Å². The molecule has 2 rings (SSSR count). The summed E-state index contributed by atoms with van der Waals surface area (Å²) in [5, 5.41) is 0. The van der Waals surface area contributed by atoms with E-state index in [1.54, 1.807) is 20.3 Å². The van der Waals surface area contributed by atoms with Crippen LogP contribution in [0.5, 0.6) is 17.2 Å². The zero-order chi connectivity index (χ0) is 14.5. The van der Waals surface area contributed by atoms with Gasteiger partial charge in [0.1, 0.15) is 18.2 Å². The molecular weight excluding hydrogens is 259 g/mol. The Morgan fingerprint density at radius 2 is 1.60 bits per heavy atom. The van der Waals surface area contributed by atoms with Crippen molar-refractivity contribution >= 4 is 0 Å². The molecule has 0 saturated carbocycles. The molecule has 0 N–H and O–H groups in total. The third-order valence-electron chi connectivity index (χ3n) is 2.98. The standard InChI is InChI=1S/C16H17FO3/c1-11-8-13(17)5-7-14(11)20-10-12-4-6-15(18-2)16(9-12)19-3/h4-9H,10H2,1-3H3. The Morgan fingerprint density at radius 3 is 2.25 bits per heavy atom. The highest BCUT2D eigenvalue weighted by Gasteiger charge is 2.06. The van der Waals surface area contributed by atoms with Gasteiger partial charge in [-0.05, 0) is 48.4 Å². The highest BCUT2D eigenvalue weighted by atomic mass is 19.1. The van der Waals surface area contributed by atoms with Gasteiger partial charge in [-0.1, -0.05) is 6.07 Å². The van der Waals surface area contributed by atoms with Gasteiger partial charge in [-0.15, -0.1) is 0 Å². The van der Waals surface area contributed by atoms with Crippen molar-refractivity contribution in [2.24, 2.45) is 0 Å². The first-order chi connectivity index (χ1) is 9.63. The van der Waals surface area contributed by atoms with Gasteiger partial charge in [-0.2, -0.15) is 0 Å².